The lowest BCUT2D eigenvalue weighted by atomic mass is 10.0. The van der Waals surface area contributed by atoms with E-state index in [4.69, 9.17) is 0 Å². The topological polar surface area (TPSA) is 62.0 Å². The fourth-order valence-electron chi connectivity index (χ4n) is 3.92. The Bertz CT molecular complexity index is 1240. The zero-order valence-corrected chi connectivity index (χ0v) is 15.2. The third kappa shape index (κ3) is 2.62. The summed E-state index contributed by atoms with van der Waals surface area (Å²) in [4.78, 5) is 28.5. The summed E-state index contributed by atoms with van der Waals surface area (Å²) in [6.07, 6.45) is 2.73. The molecule has 1 aromatic heterocycles. The third-order valence-electron chi connectivity index (χ3n) is 5.34. The molecule has 5 rings (SSSR count). The molecular formula is C24H18N2O2. The largest absolute Gasteiger partial charge is 0.361 e. The Hall–Kier alpha value is -3.66. The maximum Gasteiger partial charge on any atom is 0.251 e. The van der Waals surface area contributed by atoms with Crippen LogP contribution in [-0.2, 0) is 6.42 Å². The fourth-order valence-corrected chi connectivity index (χ4v) is 3.92. The fraction of sp³-hybridized carbons (Fsp3) is 0.0833. The van der Waals surface area contributed by atoms with Crippen molar-refractivity contribution in [2.45, 2.75) is 6.42 Å². The van der Waals surface area contributed by atoms with E-state index in [1.165, 1.54) is 10.9 Å². The Morgan fingerprint density at radius 3 is 2.50 bits per heavy atom. The van der Waals surface area contributed by atoms with Crippen LogP contribution in [0.3, 0.4) is 0 Å². The van der Waals surface area contributed by atoms with Gasteiger partial charge in [-0.1, -0.05) is 48.5 Å². The predicted molar refractivity (Wildman–Crippen MR) is 110 cm³/mol. The summed E-state index contributed by atoms with van der Waals surface area (Å²) in [5.41, 5.74) is 5.93. The average molecular weight is 366 g/mol. The average Bonchev–Trinajstić information content (AvgIpc) is 3.28. The maximum atomic E-state index is 12.6. The van der Waals surface area contributed by atoms with E-state index in [0.717, 1.165) is 23.1 Å². The number of amides is 1. The minimum atomic E-state index is -0.161. The van der Waals surface area contributed by atoms with Gasteiger partial charge in [0.25, 0.3) is 5.91 Å². The van der Waals surface area contributed by atoms with Gasteiger partial charge in [-0.2, -0.15) is 0 Å². The number of carbonyl (C=O) groups is 2. The molecule has 0 bridgehead atoms. The van der Waals surface area contributed by atoms with E-state index in [1.54, 1.807) is 12.1 Å². The Morgan fingerprint density at radius 1 is 0.857 bits per heavy atom. The Labute approximate surface area is 162 Å². The molecule has 1 amide bonds. The van der Waals surface area contributed by atoms with Crippen molar-refractivity contribution >= 4 is 22.6 Å². The lowest BCUT2D eigenvalue weighted by Gasteiger charge is -2.07. The van der Waals surface area contributed by atoms with Crippen LogP contribution in [-0.4, -0.2) is 23.2 Å². The summed E-state index contributed by atoms with van der Waals surface area (Å²) in [6.45, 7) is 0.534. The Morgan fingerprint density at radius 2 is 1.61 bits per heavy atom. The number of ketones is 1. The first kappa shape index (κ1) is 16.5. The van der Waals surface area contributed by atoms with Crippen molar-refractivity contribution in [1.29, 1.82) is 0 Å². The molecule has 0 saturated carbocycles. The second-order valence-corrected chi connectivity index (χ2v) is 7.00. The molecule has 0 unspecified atom stereocenters. The van der Waals surface area contributed by atoms with Crippen LogP contribution in [0.25, 0.3) is 22.0 Å². The molecule has 0 fully saturated rings. The van der Waals surface area contributed by atoms with Gasteiger partial charge in [0.05, 0.1) is 0 Å². The number of para-hydroxylation sites is 1. The van der Waals surface area contributed by atoms with Gasteiger partial charge in [-0.15, -0.1) is 0 Å². The number of aromatic amines is 1. The minimum absolute atomic E-state index is 0.0148. The molecule has 0 saturated heterocycles. The van der Waals surface area contributed by atoms with Crippen LogP contribution in [0.4, 0.5) is 0 Å². The van der Waals surface area contributed by atoms with Gasteiger partial charge in [-0.25, -0.2) is 0 Å². The molecule has 1 aliphatic rings. The molecule has 0 aliphatic heterocycles. The standard InChI is InChI=1S/C24H18N2O2/c27-23-20-7-2-1-6-18(20)19-10-9-15(13-21(19)23)24(28)25-12-11-16-14-26-22-8-4-3-5-17(16)22/h1-10,13-14,26H,11-12H2,(H,25,28). The number of hydrogen-bond donors (Lipinski definition) is 2. The SMILES string of the molecule is O=C(NCCc1c[nH]c2ccccc12)c1ccc2c(c1)C(=O)c1ccccc1-2. The quantitative estimate of drug-likeness (QED) is 0.497. The minimum Gasteiger partial charge on any atom is -0.361 e. The first-order valence-corrected chi connectivity index (χ1v) is 9.34. The van der Waals surface area contributed by atoms with Crippen LogP contribution in [0.5, 0.6) is 0 Å². The number of benzene rings is 3. The monoisotopic (exact) mass is 366 g/mol. The number of nitrogens with one attached hydrogen (secondary N) is 2. The van der Waals surface area contributed by atoms with E-state index < -0.39 is 0 Å². The third-order valence-corrected chi connectivity index (χ3v) is 5.34. The lowest BCUT2D eigenvalue weighted by Crippen LogP contribution is -2.25. The molecule has 4 heteroatoms. The van der Waals surface area contributed by atoms with Gasteiger partial charge in [0.1, 0.15) is 0 Å². The van der Waals surface area contributed by atoms with Crippen LogP contribution in [0.1, 0.15) is 31.8 Å². The zero-order valence-electron chi connectivity index (χ0n) is 15.2. The highest BCUT2D eigenvalue weighted by Gasteiger charge is 2.26. The Balaban J connectivity index is 1.31. The van der Waals surface area contributed by atoms with Crippen molar-refractivity contribution in [1.82, 2.24) is 10.3 Å². The smallest absolute Gasteiger partial charge is 0.251 e. The first-order valence-electron chi connectivity index (χ1n) is 9.34. The summed E-state index contributed by atoms with van der Waals surface area (Å²) >= 11 is 0. The molecule has 0 spiro atoms. The normalized spacial score (nSPS) is 12.1. The van der Waals surface area contributed by atoms with Gasteiger partial charge in [-0.3, -0.25) is 9.59 Å². The summed E-state index contributed by atoms with van der Waals surface area (Å²) in [5, 5.41) is 4.14. The molecule has 2 N–H and O–H groups in total. The second-order valence-electron chi connectivity index (χ2n) is 7.00. The number of H-pyrrole nitrogens is 1. The molecule has 136 valence electrons. The van der Waals surface area contributed by atoms with Crippen LogP contribution in [0, 0.1) is 0 Å². The predicted octanol–water partition coefficient (Wildman–Crippen LogP) is 4.35. The van der Waals surface area contributed by atoms with Crippen LogP contribution < -0.4 is 5.32 Å². The molecule has 0 radical (unpaired) electrons. The lowest BCUT2D eigenvalue weighted by molar-refractivity contribution is 0.0954. The molecular weight excluding hydrogens is 348 g/mol. The highest BCUT2D eigenvalue weighted by molar-refractivity contribution is 6.22. The van der Waals surface area contributed by atoms with E-state index in [1.807, 2.05) is 54.7 Å². The second kappa shape index (κ2) is 6.50. The van der Waals surface area contributed by atoms with Gasteiger partial charge in [-0.05, 0) is 41.3 Å². The first-order chi connectivity index (χ1) is 13.7. The van der Waals surface area contributed by atoms with Crippen LogP contribution in [0.2, 0.25) is 0 Å². The van der Waals surface area contributed by atoms with Gasteiger partial charge < -0.3 is 10.3 Å². The van der Waals surface area contributed by atoms with E-state index >= 15 is 0 Å². The number of fused-ring (bicyclic) bond motifs is 4. The van der Waals surface area contributed by atoms with Gasteiger partial charge in [0.15, 0.2) is 5.78 Å². The number of aromatic nitrogens is 1. The molecule has 28 heavy (non-hydrogen) atoms. The zero-order chi connectivity index (χ0) is 19.1. The van der Waals surface area contributed by atoms with Crippen molar-refractivity contribution in [3.8, 4) is 11.1 Å². The number of hydrogen-bond acceptors (Lipinski definition) is 2. The van der Waals surface area contributed by atoms with E-state index in [0.29, 0.717) is 23.2 Å². The van der Waals surface area contributed by atoms with Crippen molar-refractivity contribution < 1.29 is 9.59 Å². The molecule has 4 aromatic rings. The highest BCUT2D eigenvalue weighted by atomic mass is 16.1. The molecule has 1 heterocycles. The van der Waals surface area contributed by atoms with Gasteiger partial charge >= 0.3 is 0 Å². The summed E-state index contributed by atoms with van der Waals surface area (Å²) in [7, 11) is 0. The molecule has 1 aliphatic carbocycles. The van der Waals surface area contributed by atoms with Crippen molar-refractivity contribution in [3.63, 3.8) is 0 Å². The maximum absolute atomic E-state index is 12.6. The van der Waals surface area contributed by atoms with Crippen molar-refractivity contribution in [3.05, 3.63) is 95.2 Å². The summed E-state index contributed by atoms with van der Waals surface area (Å²) in [5.74, 6) is -0.176. The van der Waals surface area contributed by atoms with Crippen LogP contribution in [0.15, 0.2) is 72.9 Å². The summed E-state index contributed by atoms with van der Waals surface area (Å²) in [6, 6.07) is 21.0. The molecule has 4 nitrogen and oxygen atoms in total. The Kier molecular flexibility index (Phi) is 3.83. The number of rotatable bonds is 4. The van der Waals surface area contributed by atoms with E-state index in [-0.39, 0.29) is 11.7 Å². The van der Waals surface area contributed by atoms with Crippen molar-refractivity contribution in [2.24, 2.45) is 0 Å². The van der Waals surface area contributed by atoms with Crippen LogP contribution >= 0.6 is 0 Å². The summed E-state index contributed by atoms with van der Waals surface area (Å²) < 4.78 is 0. The molecule has 0 atom stereocenters. The highest BCUT2D eigenvalue weighted by Crippen LogP contribution is 2.36. The van der Waals surface area contributed by atoms with E-state index in [2.05, 4.69) is 16.4 Å². The number of carbonyl (C=O) groups excluding carboxylic acids is 2. The van der Waals surface area contributed by atoms with Gasteiger partial charge in [0.2, 0.25) is 0 Å². The van der Waals surface area contributed by atoms with E-state index in [9.17, 15) is 9.59 Å². The van der Waals surface area contributed by atoms with Gasteiger partial charge in [0, 0.05) is 40.3 Å². The molecule has 3 aromatic carbocycles. The van der Waals surface area contributed by atoms with Crippen molar-refractivity contribution in [2.75, 3.05) is 6.54 Å².